The second kappa shape index (κ2) is 5.42. The summed E-state index contributed by atoms with van der Waals surface area (Å²) in [4.78, 5) is 11.3. The lowest BCUT2D eigenvalue weighted by Crippen LogP contribution is -2.44. The van der Waals surface area contributed by atoms with Crippen molar-refractivity contribution in [3.63, 3.8) is 0 Å². The minimum absolute atomic E-state index is 0.362. The molecular weight excluding hydrogens is 290 g/mol. The number of fused-ring (bicyclic) bond motifs is 1. The minimum atomic E-state index is -3.55. The van der Waals surface area contributed by atoms with Gasteiger partial charge >= 0.3 is 5.97 Å². The van der Waals surface area contributed by atoms with Crippen LogP contribution in [0.3, 0.4) is 0 Å². The Morgan fingerprint density at radius 1 is 1.19 bits per heavy atom. The predicted octanol–water partition coefficient (Wildman–Crippen LogP) is 1.63. The Hall–Kier alpha value is -1.40. The summed E-state index contributed by atoms with van der Waals surface area (Å²) in [6, 6.07) is 7.83. The molecule has 5 nitrogen and oxygen atoms in total. The van der Waals surface area contributed by atoms with E-state index in [1.165, 1.54) is 9.87 Å². The van der Waals surface area contributed by atoms with Crippen molar-refractivity contribution >= 4 is 16.0 Å². The Kier molecular flexibility index (Phi) is 3.75. The molecule has 0 aromatic heterocycles. The van der Waals surface area contributed by atoms with Crippen molar-refractivity contribution < 1.29 is 18.3 Å². The second-order valence-corrected chi connectivity index (χ2v) is 7.96. The largest absolute Gasteiger partial charge is 0.481 e. The van der Waals surface area contributed by atoms with Crippen molar-refractivity contribution in [2.75, 3.05) is 6.54 Å². The number of sulfonamides is 1. The van der Waals surface area contributed by atoms with Crippen LogP contribution in [0.5, 0.6) is 0 Å². The number of carbonyl (C=O) groups is 1. The summed E-state index contributed by atoms with van der Waals surface area (Å²) in [5, 5.41) is 8.46. The zero-order valence-corrected chi connectivity index (χ0v) is 12.6. The third kappa shape index (κ3) is 2.58. The van der Waals surface area contributed by atoms with Gasteiger partial charge < -0.3 is 5.11 Å². The molecule has 1 fully saturated rings. The van der Waals surface area contributed by atoms with E-state index in [1.54, 1.807) is 0 Å². The molecule has 0 bridgehead atoms. The molecule has 2 atom stereocenters. The van der Waals surface area contributed by atoms with Crippen molar-refractivity contribution in [3.8, 4) is 0 Å². The molecule has 1 saturated carbocycles. The fourth-order valence-corrected chi connectivity index (χ4v) is 5.62. The second-order valence-electron chi connectivity index (χ2n) is 5.81. The van der Waals surface area contributed by atoms with E-state index >= 15 is 0 Å². The highest BCUT2D eigenvalue weighted by Gasteiger charge is 2.44. The fourth-order valence-electron chi connectivity index (χ4n) is 3.44. The number of hydrogen-bond acceptors (Lipinski definition) is 3. The maximum Gasteiger partial charge on any atom is 0.307 e. The molecular formula is C15H19NO4S. The van der Waals surface area contributed by atoms with E-state index in [2.05, 4.69) is 0 Å². The van der Waals surface area contributed by atoms with Crippen molar-refractivity contribution in [1.29, 1.82) is 0 Å². The number of aliphatic carboxylic acids is 1. The topological polar surface area (TPSA) is 74.7 Å². The first-order valence-electron chi connectivity index (χ1n) is 7.28. The summed E-state index contributed by atoms with van der Waals surface area (Å²) < 4.78 is 27.0. The smallest absolute Gasteiger partial charge is 0.307 e. The Bertz CT molecular complexity index is 655. The van der Waals surface area contributed by atoms with Gasteiger partial charge in [-0.1, -0.05) is 30.7 Å². The average molecular weight is 309 g/mol. The van der Waals surface area contributed by atoms with Crippen molar-refractivity contribution in [2.24, 2.45) is 5.92 Å². The number of hydrogen-bond donors (Lipinski definition) is 1. The molecule has 0 radical (unpaired) electrons. The van der Waals surface area contributed by atoms with Gasteiger partial charge in [-0.15, -0.1) is 0 Å². The Balaban J connectivity index is 1.85. The van der Waals surface area contributed by atoms with Gasteiger partial charge in [0, 0.05) is 13.1 Å². The number of rotatable bonds is 3. The first kappa shape index (κ1) is 14.5. The van der Waals surface area contributed by atoms with E-state index in [1.807, 2.05) is 24.3 Å². The molecule has 1 aliphatic heterocycles. The van der Waals surface area contributed by atoms with Crippen LogP contribution >= 0.6 is 0 Å². The molecule has 1 aromatic carbocycles. The van der Waals surface area contributed by atoms with Crippen LogP contribution in [-0.4, -0.2) is 35.6 Å². The van der Waals surface area contributed by atoms with Crippen LogP contribution in [0, 0.1) is 5.92 Å². The molecule has 0 saturated heterocycles. The average Bonchev–Trinajstić information content (AvgIpc) is 2.97. The predicted molar refractivity (Wildman–Crippen MR) is 78.2 cm³/mol. The molecule has 1 aliphatic carbocycles. The molecule has 21 heavy (non-hydrogen) atoms. The standard InChI is InChI=1S/C15H19NO4S/c17-15(18)13-6-3-7-14(13)21(19,20)16-9-8-11-4-1-2-5-12(11)10-16/h1-2,4-5,13-14H,3,6-10H2,(H,17,18). The highest BCUT2D eigenvalue weighted by molar-refractivity contribution is 7.89. The van der Waals surface area contributed by atoms with Crippen LogP contribution < -0.4 is 0 Å². The molecule has 0 amide bonds. The summed E-state index contributed by atoms with van der Waals surface area (Å²) >= 11 is 0. The van der Waals surface area contributed by atoms with E-state index in [0.717, 1.165) is 5.56 Å². The molecule has 2 aliphatic rings. The van der Waals surface area contributed by atoms with Crippen molar-refractivity contribution in [3.05, 3.63) is 35.4 Å². The lowest BCUT2D eigenvalue weighted by atomic mass is 10.0. The molecule has 1 N–H and O–H groups in total. The number of benzene rings is 1. The Morgan fingerprint density at radius 2 is 1.90 bits per heavy atom. The first-order chi connectivity index (χ1) is 10.00. The van der Waals surface area contributed by atoms with E-state index < -0.39 is 27.2 Å². The van der Waals surface area contributed by atoms with Crippen molar-refractivity contribution in [1.82, 2.24) is 4.31 Å². The lowest BCUT2D eigenvalue weighted by molar-refractivity contribution is -0.141. The van der Waals surface area contributed by atoms with Crippen molar-refractivity contribution in [2.45, 2.75) is 37.5 Å². The highest BCUT2D eigenvalue weighted by atomic mass is 32.2. The van der Waals surface area contributed by atoms with Gasteiger partial charge in [-0.2, -0.15) is 4.31 Å². The molecule has 6 heteroatoms. The van der Waals surface area contributed by atoms with Gasteiger partial charge in [-0.25, -0.2) is 8.42 Å². The normalized spacial score (nSPS) is 26.5. The first-order valence-corrected chi connectivity index (χ1v) is 8.79. The van der Waals surface area contributed by atoms with Gasteiger partial charge in [0.15, 0.2) is 0 Å². The minimum Gasteiger partial charge on any atom is -0.481 e. The summed E-state index contributed by atoms with van der Waals surface area (Å²) in [7, 11) is -3.55. The lowest BCUT2D eigenvalue weighted by Gasteiger charge is -2.31. The highest BCUT2D eigenvalue weighted by Crippen LogP contribution is 2.34. The molecule has 0 spiro atoms. The summed E-state index contributed by atoms with van der Waals surface area (Å²) in [5.41, 5.74) is 2.21. The molecule has 3 rings (SSSR count). The maximum absolute atomic E-state index is 12.8. The van der Waals surface area contributed by atoms with Gasteiger partial charge in [0.2, 0.25) is 10.0 Å². The van der Waals surface area contributed by atoms with E-state index in [9.17, 15) is 18.3 Å². The van der Waals surface area contributed by atoms with E-state index in [4.69, 9.17) is 0 Å². The van der Waals surface area contributed by atoms with Crippen LogP contribution in [-0.2, 0) is 27.8 Å². The molecule has 1 heterocycles. The SMILES string of the molecule is O=C(O)C1CCCC1S(=O)(=O)N1CCc2ccccc2C1. The van der Waals surface area contributed by atoms with Gasteiger partial charge in [-0.3, -0.25) is 4.79 Å². The number of nitrogens with zero attached hydrogens (tertiary/aromatic N) is 1. The number of carboxylic acids is 1. The van der Waals surface area contributed by atoms with Gasteiger partial charge in [0.1, 0.15) is 0 Å². The monoisotopic (exact) mass is 309 g/mol. The molecule has 114 valence electrons. The third-order valence-electron chi connectivity index (χ3n) is 4.61. The van der Waals surface area contributed by atoms with E-state index in [0.29, 0.717) is 38.8 Å². The quantitative estimate of drug-likeness (QED) is 0.921. The van der Waals surface area contributed by atoms with Crippen LogP contribution in [0.4, 0.5) is 0 Å². The Morgan fingerprint density at radius 3 is 2.62 bits per heavy atom. The molecule has 2 unspecified atom stereocenters. The summed E-state index contributed by atoms with van der Waals surface area (Å²) in [6.07, 6.45) is 2.28. The van der Waals surface area contributed by atoms with Gasteiger partial charge in [-0.05, 0) is 30.4 Å². The summed E-state index contributed by atoms with van der Waals surface area (Å²) in [5.74, 6) is -1.74. The number of carboxylic acid groups (broad SMARTS) is 1. The fraction of sp³-hybridized carbons (Fsp3) is 0.533. The van der Waals surface area contributed by atoms with E-state index in [-0.39, 0.29) is 0 Å². The summed E-state index contributed by atoms with van der Waals surface area (Å²) in [6.45, 7) is 0.809. The van der Waals surface area contributed by atoms with Crippen LogP contribution in [0.2, 0.25) is 0 Å². The molecule has 1 aromatic rings. The maximum atomic E-state index is 12.8. The van der Waals surface area contributed by atoms with Crippen LogP contribution in [0.1, 0.15) is 30.4 Å². The third-order valence-corrected chi connectivity index (χ3v) is 6.97. The van der Waals surface area contributed by atoms with Crippen LogP contribution in [0.25, 0.3) is 0 Å². The Labute approximate surface area is 124 Å². The zero-order valence-electron chi connectivity index (χ0n) is 11.7. The van der Waals surface area contributed by atoms with Gasteiger partial charge in [0.25, 0.3) is 0 Å². The zero-order chi connectivity index (χ0) is 15.0. The van der Waals surface area contributed by atoms with Gasteiger partial charge in [0.05, 0.1) is 11.2 Å². The van der Waals surface area contributed by atoms with Crippen LogP contribution in [0.15, 0.2) is 24.3 Å².